The number of hydrogen-bond donors (Lipinski definition) is 1. The molecule has 0 amide bonds. The topological polar surface area (TPSA) is 35.2 Å². The minimum absolute atomic E-state index is 0.234. The zero-order valence-corrected chi connectivity index (χ0v) is 8.64. The quantitative estimate of drug-likeness (QED) is 0.760. The van der Waals surface area contributed by atoms with E-state index in [1.54, 1.807) is 0 Å². The molecule has 0 heterocycles. The highest BCUT2D eigenvalue weighted by molar-refractivity contribution is 6.31. The first-order chi connectivity index (χ1) is 6.15. The first kappa shape index (κ1) is 10.5. The third kappa shape index (κ3) is 2.69. The van der Waals surface area contributed by atoms with Crippen LogP contribution in [0.5, 0.6) is 0 Å². The molecule has 72 valence electrons. The van der Waals surface area contributed by atoms with Gasteiger partial charge in [0.1, 0.15) is 0 Å². The molecule has 1 rings (SSSR count). The molecule has 1 unspecified atom stereocenters. The molecular formula is C10H14ClNO. The van der Waals surface area contributed by atoms with Gasteiger partial charge in [-0.2, -0.15) is 0 Å². The van der Waals surface area contributed by atoms with E-state index in [2.05, 4.69) is 4.84 Å². The van der Waals surface area contributed by atoms with Gasteiger partial charge in [0.05, 0.1) is 6.61 Å². The van der Waals surface area contributed by atoms with E-state index in [0.717, 1.165) is 16.1 Å². The third-order valence-electron chi connectivity index (χ3n) is 2.03. The lowest BCUT2D eigenvalue weighted by atomic mass is 10.0. The van der Waals surface area contributed by atoms with Crippen molar-refractivity contribution in [3.05, 3.63) is 34.3 Å². The highest BCUT2D eigenvalue weighted by Gasteiger charge is 2.09. The molecule has 3 heteroatoms. The molecule has 1 atom stereocenters. The van der Waals surface area contributed by atoms with E-state index in [1.165, 1.54) is 0 Å². The molecular weight excluding hydrogens is 186 g/mol. The lowest BCUT2D eigenvalue weighted by Crippen LogP contribution is -2.08. The van der Waals surface area contributed by atoms with Gasteiger partial charge in [-0.25, -0.2) is 5.90 Å². The molecule has 0 spiro atoms. The van der Waals surface area contributed by atoms with Crippen LogP contribution in [0, 0.1) is 6.92 Å². The third-order valence-corrected chi connectivity index (χ3v) is 2.36. The van der Waals surface area contributed by atoms with Gasteiger partial charge in [0.25, 0.3) is 0 Å². The standard InChI is InChI=1S/C10H14ClNO/c1-7-3-4-9(10(11)5-7)8(2)6-13-12/h3-5,8H,6,12H2,1-2H3. The summed E-state index contributed by atoms with van der Waals surface area (Å²) in [7, 11) is 0. The first-order valence-electron chi connectivity index (χ1n) is 4.23. The summed E-state index contributed by atoms with van der Waals surface area (Å²) in [5, 5.41) is 0.782. The summed E-state index contributed by atoms with van der Waals surface area (Å²) in [6.45, 7) is 4.53. The maximum absolute atomic E-state index is 6.06. The van der Waals surface area contributed by atoms with Crippen molar-refractivity contribution in [3.8, 4) is 0 Å². The van der Waals surface area contributed by atoms with Gasteiger partial charge in [0.2, 0.25) is 0 Å². The summed E-state index contributed by atoms with van der Waals surface area (Å²) in [4.78, 5) is 4.58. The zero-order chi connectivity index (χ0) is 9.84. The molecule has 1 aromatic rings. The Morgan fingerprint density at radius 2 is 2.23 bits per heavy atom. The fourth-order valence-corrected chi connectivity index (χ4v) is 1.69. The molecule has 2 nitrogen and oxygen atoms in total. The monoisotopic (exact) mass is 199 g/mol. The van der Waals surface area contributed by atoms with Gasteiger partial charge in [0.15, 0.2) is 0 Å². The Labute approximate surface area is 83.6 Å². The molecule has 0 bridgehead atoms. The van der Waals surface area contributed by atoms with Gasteiger partial charge in [-0.3, -0.25) is 0 Å². The molecule has 1 aromatic carbocycles. The van der Waals surface area contributed by atoms with Crippen molar-refractivity contribution in [2.24, 2.45) is 5.90 Å². The Kier molecular flexibility index (Phi) is 3.72. The summed E-state index contributed by atoms with van der Waals surface area (Å²) in [5.74, 6) is 5.24. The van der Waals surface area contributed by atoms with Crippen LogP contribution in [-0.2, 0) is 4.84 Å². The number of benzene rings is 1. The van der Waals surface area contributed by atoms with Gasteiger partial charge in [-0.1, -0.05) is 30.7 Å². The van der Waals surface area contributed by atoms with E-state index in [0.29, 0.717) is 6.61 Å². The molecule has 0 aromatic heterocycles. The van der Waals surface area contributed by atoms with Crippen LogP contribution < -0.4 is 5.90 Å². The number of aryl methyl sites for hydroxylation is 1. The molecule has 13 heavy (non-hydrogen) atoms. The molecule has 0 radical (unpaired) electrons. The van der Waals surface area contributed by atoms with Crippen LogP contribution in [0.25, 0.3) is 0 Å². The Morgan fingerprint density at radius 3 is 2.77 bits per heavy atom. The average molecular weight is 200 g/mol. The van der Waals surface area contributed by atoms with E-state index >= 15 is 0 Å². The summed E-state index contributed by atoms with van der Waals surface area (Å²) in [5.41, 5.74) is 2.24. The first-order valence-corrected chi connectivity index (χ1v) is 4.60. The molecule has 0 saturated heterocycles. The van der Waals surface area contributed by atoms with Crippen LogP contribution in [-0.4, -0.2) is 6.61 Å². The van der Waals surface area contributed by atoms with Gasteiger partial charge < -0.3 is 4.84 Å². The maximum Gasteiger partial charge on any atom is 0.0745 e. The lowest BCUT2D eigenvalue weighted by molar-refractivity contribution is 0.126. The molecule has 0 aliphatic carbocycles. The summed E-state index contributed by atoms with van der Waals surface area (Å²) >= 11 is 6.06. The molecule has 0 fully saturated rings. The molecule has 0 saturated carbocycles. The smallest absolute Gasteiger partial charge is 0.0745 e. The van der Waals surface area contributed by atoms with Crippen LogP contribution in [0.4, 0.5) is 0 Å². The molecule has 2 N–H and O–H groups in total. The van der Waals surface area contributed by atoms with Gasteiger partial charge in [-0.15, -0.1) is 0 Å². The van der Waals surface area contributed by atoms with Crippen molar-refractivity contribution in [1.82, 2.24) is 0 Å². The van der Waals surface area contributed by atoms with Crippen LogP contribution >= 0.6 is 11.6 Å². The van der Waals surface area contributed by atoms with Crippen molar-refractivity contribution in [2.75, 3.05) is 6.61 Å². The fraction of sp³-hybridized carbons (Fsp3) is 0.400. The Hall–Kier alpha value is -0.570. The van der Waals surface area contributed by atoms with Gasteiger partial charge in [-0.05, 0) is 24.1 Å². The van der Waals surface area contributed by atoms with E-state index < -0.39 is 0 Å². The number of nitrogens with two attached hydrogens (primary N) is 1. The average Bonchev–Trinajstić information content (AvgIpc) is 2.04. The second-order valence-corrected chi connectivity index (χ2v) is 3.67. The van der Waals surface area contributed by atoms with Crippen molar-refractivity contribution < 1.29 is 4.84 Å². The van der Waals surface area contributed by atoms with Crippen molar-refractivity contribution in [2.45, 2.75) is 19.8 Å². The second-order valence-electron chi connectivity index (χ2n) is 3.26. The molecule has 0 aliphatic heterocycles. The number of halogens is 1. The number of hydrogen-bond acceptors (Lipinski definition) is 2. The number of rotatable bonds is 3. The lowest BCUT2D eigenvalue weighted by Gasteiger charge is -2.12. The maximum atomic E-state index is 6.06. The summed E-state index contributed by atoms with van der Waals surface area (Å²) in [6.07, 6.45) is 0. The minimum Gasteiger partial charge on any atom is -0.304 e. The van der Waals surface area contributed by atoms with E-state index in [4.69, 9.17) is 17.5 Å². The van der Waals surface area contributed by atoms with Crippen LogP contribution in [0.3, 0.4) is 0 Å². The van der Waals surface area contributed by atoms with Crippen molar-refractivity contribution in [3.63, 3.8) is 0 Å². The normalized spacial score (nSPS) is 12.9. The zero-order valence-electron chi connectivity index (χ0n) is 7.88. The van der Waals surface area contributed by atoms with Crippen LogP contribution in [0.2, 0.25) is 5.02 Å². The Morgan fingerprint density at radius 1 is 1.54 bits per heavy atom. The van der Waals surface area contributed by atoms with Crippen LogP contribution in [0.1, 0.15) is 24.0 Å². The van der Waals surface area contributed by atoms with E-state index in [9.17, 15) is 0 Å². The second kappa shape index (κ2) is 4.61. The minimum atomic E-state index is 0.234. The van der Waals surface area contributed by atoms with Gasteiger partial charge in [0, 0.05) is 10.9 Å². The van der Waals surface area contributed by atoms with Gasteiger partial charge >= 0.3 is 0 Å². The van der Waals surface area contributed by atoms with E-state index in [-0.39, 0.29) is 5.92 Å². The van der Waals surface area contributed by atoms with Crippen molar-refractivity contribution in [1.29, 1.82) is 0 Å². The SMILES string of the molecule is Cc1ccc(C(C)CON)c(Cl)c1. The Balaban J connectivity index is 2.88. The largest absolute Gasteiger partial charge is 0.304 e. The highest BCUT2D eigenvalue weighted by atomic mass is 35.5. The molecule has 0 aliphatic rings. The fourth-order valence-electron chi connectivity index (χ4n) is 1.27. The Bertz CT molecular complexity index is 288. The summed E-state index contributed by atoms with van der Waals surface area (Å²) < 4.78 is 0. The summed E-state index contributed by atoms with van der Waals surface area (Å²) in [6, 6.07) is 6.00. The van der Waals surface area contributed by atoms with E-state index in [1.807, 2.05) is 32.0 Å². The highest BCUT2D eigenvalue weighted by Crippen LogP contribution is 2.25. The predicted molar refractivity (Wildman–Crippen MR) is 54.7 cm³/mol. The van der Waals surface area contributed by atoms with Crippen molar-refractivity contribution >= 4 is 11.6 Å². The van der Waals surface area contributed by atoms with Crippen LogP contribution in [0.15, 0.2) is 18.2 Å². The predicted octanol–water partition coefficient (Wildman–Crippen LogP) is 2.64.